The number of para-hydroxylation sites is 1. The Bertz CT molecular complexity index is 434. The lowest BCUT2D eigenvalue weighted by Crippen LogP contribution is -2.49. The number of amides is 1. The van der Waals surface area contributed by atoms with E-state index in [0.29, 0.717) is 18.6 Å². The van der Waals surface area contributed by atoms with Crippen molar-refractivity contribution >= 4 is 11.6 Å². The maximum atomic E-state index is 12.4. The van der Waals surface area contributed by atoms with E-state index < -0.39 is 0 Å². The van der Waals surface area contributed by atoms with Gasteiger partial charge in [-0.15, -0.1) is 0 Å². The number of rotatable bonds is 3. The summed E-state index contributed by atoms with van der Waals surface area (Å²) in [5.41, 5.74) is 2.23. The number of nitrogens with one attached hydrogen (secondary N) is 1. The number of piperidine rings is 1. The van der Waals surface area contributed by atoms with Crippen molar-refractivity contribution in [1.82, 2.24) is 4.90 Å². The number of aryl methyl sites for hydroxylation is 1. The van der Waals surface area contributed by atoms with Crippen molar-refractivity contribution in [2.45, 2.75) is 52.1 Å². The largest absolute Gasteiger partial charge is 0.376 e. The number of likely N-dealkylation sites (tertiary alicyclic amines) is 1. The summed E-state index contributed by atoms with van der Waals surface area (Å²) in [5, 5.41) is 3.26. The van der Waals surface area contributed by atoms with Gasteiger partial charge in [0.05, 0.1) is 6.54 Å². The molecule has 1 aliphatic heterocycles. The van der Waals surface area contributed by atoms with Crippen molar-refractivity contribution < 1.29 is 4.79 Å². The predicted octanol–water partition coefficient (Wildman–Crippen LogP) is 3.20. The molecule has 0 aromatic heterocycles. The Morgan fingerprint density at radius 3 is 2.53 bits per heavy atom. The molecule has 0 bridgehead atoms. The molecule has 1 aromatic rings. The summed E-state index contributed by atoms with van der Waals surface area (Å²) >= 11 is 0. The second kappa shape index (κ2) is 6.09. The van der Waals surface area contributed by atoms with Crippen LogP contribution in [-0.4, -0.2) is 29.4 Å². The normalized spacial score (nSPS) is 23.2. The van der Waals surface area contributed by atoms with Crippen LogP contribution in [0.4, 0.5) is 5.69 Å². The van der Waals surface area contributed by atoms with Crippen LogP contribution in [0.25, 0.3) is 0 Å². The highest BCUT2D eigenvalue weighted by atomic mass is 16.2. The molecular formula is C16H24N2O. The predicted molar refractivity (Wildman–Crippen MR) is 79.3 cm³/mol. The first kappa shape index (κ1) is 13.9. The topological polar surface area (TPSA) is 32.3 Å². The smallest absolute Gasteiger partial charge is 0.242 e. The molecule has 0 saturated carbocycles. The number of hydrogen-bond acceptors (Lipinski definition) is 2. The highest BCUT2D eigenvalue weighted by Crippen LogP contribution is 2.22. The van der Waals surface area contributed by atoms with Crippen molar-refractivity contribution in [1.29, 1.82) is 0 Å². The van der Waals surface area contributed by atoms with Gasteiger partial charge in [0.2, 0.25) is 5.91 Å². The van der Waals surface area contributed by atoms with Crippen molar-refractivity contribution in [2.75, 3.05) is 11.9 Å². The molecule has 3 heteroatoms. The van der Waals surface area contributed by atoms with Gasteiger partial charge in [0.25, 0.3) is 0 Å². The first-order valence-electron chi connectivity index (χ1n) is 7.20. The lowest BCUT2D eigenvalue weighted by molar-refractivity contribution is -0.135. The van der Waals surface area contributed by atoms with Gasteiger partial charge in [-0.1, -0.05) is 18.2 Å². The minimum atomic E-state index is 0.211. The van der Waals surface area contributed by atoms with E-state index in [9.17, 15) is 4.79 Å². The van der Waals surface area contributed by atoms with Crippen LogP contribution in [0, 0.1) is 6.92 Å². The van der Waals surface area contributed by atoms with Gasteiger partial charge in [-0.2, -0.15) is 0 Å². The molecule has 0 aliphatic carbocycles. The van der Waals surface area contributed by atoms with E-state index in [1.165, 1.54) is 12.0 Å². The fraction of sp³-hybridized carbons (Fsp3) is 0.562. The summed E-state index contributed by atoms with van der Waals surface area (Å²) in [6.45, 7) is 6.75. The number of hydrogen-bond donors (Lipinski definition) is 1. The summed E-state index contributed by atoms with van der Waals surface area (Å²) in [4.78, 5) is 14.4. The molecule has 1 fully saturated rings. The average Bonchev–Trinajstić information content (AvgIpc) is 2.37. The van der Waals surface area contributed by atoms with E-state index in [4.69, 9.17) is 0 Å². The van der Waals surface area contributed by atoms with Gasteiger partial charge in [0.1, 0.15) is 0 Å². The Kier molecular flexibility index (Phi) is 4.46. The van der Waals surface area contributed by atoms with Crippen LogP contribution in [0.2, 0.25) is 0 Å². The van der Waals surface area contributed by atoms with Gasteiger partial charge >= 0.3 is 0 Å². The van der Waals surface area contributed by atoms with Crippen molar-refractivity contribution in [2.24, 2.45) is 0 Å². The SMILES string of the molecule is Cc1ccccc1NCC(=O)N1C(C)CCCC1C. The number of carbonyl (C=O) groups is 1. The zero-order valence-corrected chi connectivity index (χ0v) is 12.1. The molecule has 3 nitrogen and oxygen atoms in total. The number of anilines is 1. The molecule has 1 saturated heterocycles. The van der Waals surface area contributed by atoms with Crippen LogP contribution in [0.15, 0.2) is 24.3 Å². The van der Waals surface area contributed by atoms with Crippen LogP contribution in [0.3, 0.4) is 0 Å². The molecule has 1 amide bonds. The second-order valence-corrected chi connectivity index (χ2v) is 5.60. The maximum Gasteiger partial charge on any atom is 0.242 e. The van der Waals surface area contributed by atoms with E-state index in [1.807, 2.05) is 18.2 Å². The number of carbonyl (C=O) groups excluding carboxylic acids is 1. The molecule has 1 heterocycles. The van der Waals surface area contributed by atoms with Gasteiger partial charge in [-0.3, -0.25) is 4.79 Å². The van der Waals surface area contributed by atoms with Crippen LogP contribution in [-0.2, 0) is 4.79 Å². The summed E-state index contributed by atoms with van der Waals surface area (Å²) in [5.74, 6) is 0.211. The van der Waals surface area contributed by atoms with Gasteiger partial charge in [-0.25, -0.2) is 0 Å². The van der Waals surface area contributed by atoms with Gasteiger partial charge in [-0.05, 0) is 51.7 Å². The van der Waals surface area contributed by atoms with Crippen LogP contribution in [0.5, 0.6) is 0 Å². The fourth-order valence-electron chi connectivity index (χ4n) is 2.95. The first-order valence-corrected chi connectivity index (χ1v) is 7.20. The lowest BCUT2D eigenvalue weighted by Gasteiger charge is -2.39. The highest BCUT2D eigenvalue weighted by Gasteiger charge is 2.28. The average molecular weight is 260 g/mol. The van der Waals surface area contributed by atoms with Gasteiger partial charge in [0.15, 0.2) is 0 Å². The first-order chi connectivity index (χ1) is 9.09. The quantitative estimate of drug-likeness (QED) is 0.905. The molecular weight excluding hydrogens is 236 g/mol. The summed E-state index contributed by atoms with van der Waals surface area (Å²) < 4.78 is 0. The maximum absolute atomic E-state index is 12.4. The Hall–Kier alpha value is -1.51. The highest BCUT2D eigenvalue weighted by molar-refractivity contribution is 5.81. The summed E-state index contributed by atoms with van der Waals surface area (Å²) in [7, 11) is 0. The van der Waals surface area contributed by atoms with Gasteiger partial charge < -0.3 is 10.2 Å². The molecule has 1 N–H and O–H groups in total. The van der Waals surface area contributed by atoms with E-state index in [2.05, 4.69) is 37.1 Å². The Balaban J connectivity index is 1.95. The van der Waals surface area contributed by atoms with Gasteiger partial charge in [0, 0.05) is 17.8 Å². The molecule has 1 aromatic carbocycles. The monoisotopic (exact) mass is 260 g/mol. The molecule has 2 atom stereocenters. The molecule has 2 rings (SSSR count). The van der Waals surface area contributed by atoms with Crippen LogP contribution in [0.1, 0.15) is 38.7 Å². The van der Waals surface area contributed by atoms with Crippen molar-refractivity contribution in [3.63, 3.8) is 0 Å². The van der Waals surface area contributed by atoms with Crippen molar-refractivity contribution in [3.05, 3.63) is 29.8 Å². The van der Waals surface area contributed by atoms with Crippen molar-refractivity contribution in [3.8, 4) is 0 Å². The third-order valence-corrected chi connectivity index (χ3v) is 4.06. The Labute approximate surface area is 116 Å². The number of nitrogens with zero attached hydrogens (tertiary/aromatic N) is 1. The van der Waals surface area contributed by atoms with E-state index in [1.54, 1.807) is 0 Å². The standard InChI is InChI=1S/C16H24N2O/c1-12-7-4-5-10-15(12)17-11-16(19)18-13(2)8-6-9-14(18)3/h4-5,7,10,13-14,17H,6,8-9,11H2,1-3H3. The molecule has 0 spiro atoms. The minimum Gasteiger partial charge on any atom is -0.376 e. The Morgan fingerprint density at radius 2 is 1.89 bits per heavy atom. The second-order valence-electron chi connectivity index (χ2n) is 5.60. The number of benzene rings is 1. The summed E-state index contributed by atoms with van der Waals surface area (Å²) in [6, 6.07) is 8.82. The third kappa shape index (κ3) is 3.28. The Morgan fingerprint density at radius 1 is 1.26 bits per heavy atom. The minimum absolute atomic E-state index is 0.211. The molecule has 0 radical (unpaired) electrons. The van der Waals surface area contributed by atoms with Crippen LogP contribution < -0.4 is 5.32 Å². The lowest BCUT2D eigenvalue weighted by atomic mass is 9.97. The molecule has 104 valence electrons. The molecule has 19 heavy (non-hydrogen) atoms. The molecule has 2 unspecified atom stereocenters. The third-order valence-electron chi connectivity index (χ3n) is 4.06. The summed E-state index contributed by atoms with van der Waals surface area (Å²) in [6.07, 6.45) is 3.48. The van der Waals surface area contributed by atoms with Crippen LogP contribution >= 0.6 is 0 Å². The van der Waals surface area contributed by atoms with E-state index >= 15 is 0 Å². The van der Waals surface area contributed by atoms with E-state index in [0.717, 1.165) is 18.5 Å². The van der Waals surface area contributed by atoms with E-state index in [-0.39, 0.29) is 5.91 Å². The zero-order valence-electron chi connectivity index (χ0n) is 12.1. The zero-order chi connectivity index (χ0) is 13.8. The fourth-order valence-corrected chi connectivity index (χ4v) is 2.95. The molecule has 1 aliphatic rings.